The molecule has 2 amide bonds. The summed E-state index contributed by atoms with van der Waals surface area (Å²) in [6.07, 6.45) is 3.63. The molecule has 1 aromatic rings. The molecule has 0 spiro atoms. The van der Waals surface area contributed by atoms with Crippen LogP contribution in [0.4, 0.5) is 4.79 Å². The maximum atomic E-state index is 12.5. The van der Waals surface area contributed by atoms with Crippen LogP contribution in [0.5, 0.6) is 0 Å². The van der Waals surface area contributed by atoms with E-state index in [4.69, 9.17) is 4.74 Å². The van der Waals surface area contributed by atoms with Crippen LogP contribution in [-0.4, -0.2) is 52.8 Å². The molecule has 2 atom stereocenters. The molecule has 2 fully saturated rings. The SMILES string of the molecule is CC(C)(C)OC(=O)N1CCC(NC(=O)c2ccc(C3CCC(O)C3)cc2)CC1. The van der Waals surface area contributed by atoms with Crippen molar-refractivity contribution in [2.24, 2.45) is 0 Å². The molecule has 6 heteroatoms. The fraction of sp³-hybridized carbons (Fsp3) is 0.636. The molecule has 6 nitrogen and oxygen atoms in total. The first-order valence-electron chi connectivity index (χ1n) is 10.3. The monoisotopic (exact) mass is 388 g/mol. The average Bonchev–Trinajstić information content (AvgIpc) is 3.07. The molecule has 0 bridgehead atoms. The molecule has 28 heavy (non-hydrogen) atoms. The van der Waals surface area contributed by atoms with Crippen LogP contribution >= 0.6 is 0 Å². The first kappa shape index (κ1) is 20.6. The Morgan fingerprint density at radius 3 is 2.25 bits per heavy atom. The van der Waals surface area contributed by atoms with Gasteiger partial charge in [-0.05, 0) is 76.5 Å². The number of amides is 2. The highest BCUT2D eigenvalue weighted by Gasteiger charge is 2.28. The van der Waals surface area contributed by atoms with Crippen LogP contribution in [0.25, 0.3) is 0 Å². The molecule has 2 aliphatic rings. The van der Waals surface area contributed by atoms with Crippen molar-refractivity contribution in [2.45, 2.75) is 76.5 Å². The first-order valence-corrected chi connectivity index (χ1v) is 10.3. The zero-order valence-corrected chi connectivity index (χ0v) is 17.1. The zero-order valence-electron chi connectivity index (χ0n) is 17.1. The number of aliphatic hydroxyl groups is 1. The quantitative estimate of drug-likeness (QED) is 0.831. The molecular formula is C22H32N2O4. The molecule has 1 saturated carbocycles. The standard InChI is InChI=1S/C22H32N2O4/c1-22(2,3)28-21(27)24-12-10-18(11-13-24)23-20(26)16-6-4-15(5-7-16)17-8-9-19(25)14-17/h4-7,17-19,25H,8-14H2,1-3H3,(H,23,26). The van der Waals surface area contributed by atoms with Crippen LogP contribution in [0, 0.1) is 0 Å². The molecule has 1 saturated heterocycles. The summed E-state index contributed by atoms with van der Waals surface area (Å²) in [5.74, 6) is 0.318. The third-order valence-electron chi connectivity index (χ3n) is 5.53. The summed E-state index contributed by atoms with van der Waals surface area (Å²) < 4.78 is 5.41. The Balaban J connectivity index is 1.47. The van der Waals surface area contributed by atoms with Gasteiger partial charge >= 0.3 is 6.09 Å². The van der Waals surface area contributed by atoms with E-state index < -0.39 is 5.60 Å². The molecule has 0 radical (unpaired) electrons. The van der Waals surface area contributed by atoms with E-state index >= 15 is 0 Å². The molecule has 154 valence electrons. The minimum absolute atomic E-state index is 0.0656. The van der Waals surface area contributed by atoms with Gasteiger partial charge in [0.25, 0.3) is 5.91 Å². The number of hydrogen-bond donors (Lipinski definition) is 2. The van der Waals surface area contributed by atoms with Gasteiger partial charge in [0, 0.05) is 24.7 Å². The second-order valence-corrected chi connectivity index (χ2v) is 9.00. The molecule has 2 unspecified atom stereocenters. The van der Waals surface area contributed by atoms with Gasteiger partial charge in [0.2, 0.25) is 0 Å². The maximum absolute atomic E-state index is 12.5. The van der Waals surface area contributed by atoms with Gasteiger partial charge in [-0.2, -0.15) is 0 Å². The van der Waals surface area contributed by atoms with Crippen molar-refractivity contribution >= 4 is 12.0 Å². The van der Waals surface area contributed by atoms with Crippen LogP contribution in [0.2, 0.25) is 0 Å². The van der Waals surface area contributed by atoms with Crippen molar-refractivity contribution in [3.05, 3.63) is 35.4 Å². The van der Waals surface area contributed by atoms with Gasteiger partial charge in [0.05, 0.1) is 6.10 Å². The third-order valence-corrected chi connectivity index (χ3v) is 5.53. The number of carbonyl (C=O) groups excluding carboxylic acids is 2. The zero-order chi connectivity index (χ0) is 20.3. The molecule has 1 aliphatic heterocycles. The Morgan fingerprint density at radius 2 is 1.71 bits per heavy atom. The smallest absolute Gasteiger partial charge is 0.410 e. The second kappa shape index (κ2) is 8.52. The maximum Gasteiger partial charge on any atom is 0.410 e. The number of aliphatic hydroxyl groups excluding tert-OH is 1. The summed E-state index contributed by atoms with van der Waals surface area (Å²) in [6.45, 7) is 6.75. The molecule has 1 heterocycles. The minimum atomic E-state index is -0.495. The lowest BCUT2D eigenvalue weighted by atomic mass is 9.96. The summed E-state index contributed by atoms with van der Waals surface area (Å²) in [7, 11) is 0. The number of nitrogens with one attached hydrogen (secondary N) is 1. The topological polar surface area (TPSA) is 78.9 Å². The van der Waals surface area contributed by atoms with E-state index in [0.29, 0.717) is 24.6 Å². The highest BCUT2D eigenvalue weighted by molar-refractivity contribution is 5.94. The lowest BCUT2D eigenvalue weighted by Gasteiger charge is -2.33. The highest BCUT2D eigenvalue weighted by atomic mass is 16.6. The summed E-state index contributed by atoms with van der Waals surface area (Å²) in [5, 5.41) is 12.8. The number of benzene rings is 1. The van der Waals surface area contributed by atoms with E-state index in [9.17, 15) is 14.7 Å². The van der Waals surface area contributed by atoms with Crippen molar-refractivity contribution in [3.63, 3.8) is 0 Å². The molecule has 1 aromatic carbocycles. The van der Waals surface area contributed by atoms with Gasteiger partial charge in [-0.3, -0.25) is 4.79 Å². The Hall–Kier alpha value is -2.08. The lowest BCUT2D eigenvalue weighted by Crippen LogP contribution is -2.47. The minimum Gasteiger partial charge on any atom is -0.444 e. The first-order chi connectivity index (χ1) is 13.2. The summed E-state index contributed by atoms with van der Waals surface area (Å²) >= 11 is 0. The van der Waals surface area contributed by atoms with Gasteiger partial charge in [-0.1, -0.05) is 12.1 Å². The highest BCUT2D eigenvalue weighted by Crippen LogP contribution is 2.34. The molecule has 2 N–H and O–H groups in total. The van der Waals surface area contributed by atoms with E-state index in [-0.39, 0.29) is 24.1 Å². The Labute approximate surface area is 167 Å². The second-order valence-electron chi connectivity index (χ2n) is 9.00. The Bertz CT molecular complexity index is 687. The number of nitrogens with zero attached hydrogens (tertiary/aromatic N) is 1. The van der Waals surface area contributed by atoms with Gasteiger partial charge in [0.15, 0.2) is 0 Å². The van der Waals surface area contributed by atoms with Gasteiger partial charge in [0.1, 0.15) is 5.60 Å². The van der Waals surface area contributed by atoms with Crippen LogP contribution in [-0.2, 0) is 4.74 Å². The molecule has 1 aliphatic carbocycles. The number of likely N-dealkylation sites (tertiary alicyclic amines) is 1. The van der Waals surface area contributed by atoms with E-state index in [1.807, 2.05) is 45.0 Å². The average molecular weight is 389 g/mol. The van der Waals surface area contributed by atoms with E-state index in [0.717, 1.165) is 32.1 Å². The van der Waals surface area contributed by atoms with Crippen LogP contribution < -0.4 is 5.32 Å². The number of hydrogen-bond acceptors (Lipinski definition) is 4. The summed E-state index contributed by atoms with van der Waals surface area (Å²) in [6, 6.07) is 7.80. The van der Waals surface area contributed by atoms with Crippen LogP contribution in [0.15, 0.2) is 24.3 Å². The van der Waals surface area contributed by atoms with Crippen molar-refractivity contribution < 1.29 is 19.4 Å². The van der Waals surface area contributed by atoms with E-state index in [1.165, 1.54) is 5.56 Å². The van der Waals surface area contributed by atoms with Crippen molar-refractivity contribution in [1.29, 1.82) is 0 Å². The fourth-order valence-electron chi connectivity index (χ4n) is 3.97. The molecular weight excluding hydrogens is 356 g/mol. The van der Waals surface area contributed by atoms with Crippen LogP contribution in [0.3, 0.4) is 0 Å². The van der Waals surface area contributed by atoms with E-state index in [2.05, 4.69) is 5.32 Å². The molecule has 0 aromatic heterocycles. The van der Waals surface area contributed by atoms with Crippen molar-refractivity contribution in [1.82, 2.24) is 10.2 Å². The summed E-state index contributed by atoms with van der Waals surface area (Å²) in [5.41, 5.74) is 1.35. The lowest BCUT2D eigenvalue weighted by molar-refractivity contribution is 0.0199. The number of ether oxygens (including phenoxy) is 1. The fourth-order valence-corrected chi connectivity index (χ4v) is 3.97. The van der Waals surface area contributed by atoms with Gasteiger partial charge < -0.3 is 20.1 Å². The number of rotatable bonds is 3. The molecule has 3 rings (SSSR count). The Morgan fingerprint density at radius 1 is 1.07 bits per heavy atom. The van der Waals surface area contributed by atoms with Crippen molar-refractivity contribution in [2.75, 3.05) is 13.1 Å². The van der Waals surface area contributed by atoms with Gasteiger partial charge in [-0.25, -0.2) is 4.79 Å². The normalized spacial score (nSPS) is 23.5. The Kier molecular flexibility index (Phi) is 6.28. The van der Waals surface area contributed by atoms with Crippen molar-refractivity contribution in [3.8, 4) is 0 Å². The van der Waals surface area contributed by atoms with Crippen LogP contribution in [0.1, 0.15) is 74.7 Å². The predicted molar refractivity (Wildman–Crippen MR) is 107 cm³/mol. The predicted octanol–water partition coefficient (Wildman–Crippen LogP) is 3.44. The third kappa shape index (κ3) is 5.47. The summed E-state index contributed by atoms with van der Waals surface area (Å²) in [4.78, 5) is 26.4. The van der Waals surface area contributed by atoms with Gasteiger partial charge in [-0.15, -0.1) is 0 Å². The van der Waals surface area contributed by atoms with E-state index in [1.54, 1.807) is 4.90 Å². The largest absolute Gasteiger partial charge is 0.444 e. The number of piperidine rings is 1. The number of carbonyl (C=O) groups is 2.